The molecule has 1 aliphatic rings. The van der Waals surface area contributed by atoms with Crippen molar-refractivity contribution >= 4 is 17.7 Å². The summed E-state index contributed by atoms with van der Waals surface area (Å²) in [5.41, 5.74) is -0.277. The Bertz CT molecular complexity index is 599. The topological polar surface area (TPSA) is 84.7 Å². The molecule has 1 N–H and O–H groups in total. The predicted octanol–water partition coefficient (Wildman–Crippen LogP) is 1.48. The molecule has 0 unspecified atom stereocenters. The normalized spacial score (nSPS) is 14.8. The zero-order valence-electron chi connectivity index (χ0n) is 14.1. The number of aromatic hydroxyl groups is 1. The molecule has 0 saturated carbocycles. The van der Waals surface area contributed by atoms with Gasteiger partial charge in [-0.2, -0.15) is 4.98 Å². The van der Waals surface area contributed by atoms with Gasteiger partial charge in [-0.1, -0.05) is 37.9 Å². The number of thioether (sulfide) groups is 1. The van der Waals surface area contributed by atoms with Crippen molar-refractivity contribution < 1.29 is 14.6 Å². The fraction of sp³-hybridized carbons (Fsp3) is 0.688. The lowest BCUT2D eigenvalue weighted by molar-refractivity contribution is -0.132. The van der Waals surface area contributed by atoms with Gasteiger partial charge in [0.15, 0.2) is 5.16 Å². The van der Waals surface area contributed by atoms with E-state index in [-0.39, 0.29) is 23.1 Å². The van der Waals surface area contributed by atoms with Gasteiger partial charge in [-0.15, -0.1) is 0 Å². The molecule has 0 radical (unpaired) electrons. The Hall–Kier alpha value is -1.54. The summed E-state index contributed by atoms with van der Waals surface area (Å²) in [5.74, 6) is -0.102. The van der Waals surface area contributed by atoms with E-state index in [2.05, 4.69) is 11.9 Å². The highest BCUT2D eigenvalue weighted by molar-refractivity contribution is 7.99. The van der Waals surface area contributed by atoms with E-state index in [9.17, 15) is 14.7 Å². The number of hydrogen-bond acceptors (Lipinski definition) is 6. The summed E-state index contributed by atoms with van der Waals surface area (Å²) in [6.07, 6.45) is 4.17. The summed E-state index contributed by atoms with van der Waals surface area (Å²) in [5, 5.41) is 9.99. The highest BCUT2D eigenvalue weighted by Gasteiger charge is 2.18. The number of carbonyl (C=O) groups excluding carboxylic acids is 1. The molecule has 8 heteroatoms. The van der Waals surface area contributed by atoms with Gasteiger partial charge < -0.3 is 14.7 Å². The molecule has 24 heavy (non-hydrogen) atoms. The van der Waals surface area contributed by atoms with Crippen molar-refractivity contribution in [3.63, 3.8) is 0 Å². The molecule has 1 fully saturated rings. The minimum absolute atomic E-state index is 0.00146. The van der Waals surface area contributed by atoms with Crippen LogP contribution in [0.2, 0.25) is 0 Å². The summed E-state index contributed by atoms with van der Waals surface area (Å²) >= 11 is 1.20. The number of aromatic nitrogens is 2. The van der Waals surface area contributed by atoms with Crippen molar-refractivity contribution in [2.45, 2.75) is 44.3 Å². The second-order valence-electron chi connectivity index (χ2n) is 5.73. The average Bonchev–Trinajstić information content (AvgIpc) is 2.58. The van der Waals surface area contributed by atoms with Crippen LogP contribution in [0, 0.1) is 0 Å². The third-order valence-electron chi connectivity index (χ3n) is 3.88. The van der Waals surface area contributed by atoms with Gasteiger partial charge in [-0.25, -0.2) is 0 Å². The fourth-order valence-corrected chi connectivity index (χ4v) is 3.45. The highest BCUT2D eigenvalue weighted by atomic mass is 32.2. The minimum atomic E-state index is -0.300. The van der Waals surface area contributed by atoms with E-state index in [0.29, 0.717) is 38.0 Å². The summed E-state index contributed by atoms with van der Waals surface area (Å²) in [6.45, 7) is 4.99. The number of rotatable bonds is 8. The van der Waals surface area contributed by atoms with E-state index in [4.69, 9.17) is 4.74 Å². The molecule has 0 aliphatic carbocycles. The second kappa shape index (κ2) is 9.68. The van der Waals surface area contributed by atoms with E-state index in [0.717, 1.165) is 31.7 Å². The largest absolute Gasteiger partial charge is 0.493 e. The molecular weight excluding hydrogens is 330 g/mol. The molecule has 0 bridgehead atoms. The van der Waals surface area contributed by atoms with Crippen LogP contribution < -0.4 is 5.56 Å². The van der Waals surface area contributed by atoms with E-state index < -0.39 is 0 Å². The van der Waals surface area contributed by atoms with E-state index >= 15 is 0 Å². The summed E-state index contributed by atoms with van der Waals surface area (Å²) in [4.78, 5) is 30.1. The lowest BCUT2D eigenvalue weighted by atomic mass is 10.2. The highest BCUT2D eigenvalue weighted by Crippen LogP contribution is 2.18. The SMILES string of the molecule is CCCCCCn1c(SCC(=O)N2CCOCC2)nc(O)cc1=O. The molecule has 1 saturated heterocycles. The fourth-order valence-electron chi connectivity index (χ4n) is 2.52. The summed E-state index contributed by atoms with van der Waals surface area (Å²) in [7, 11) is 0. The summed E-state index contributed by atoms with van der Waals surface area (Å²) in [6, 6.07) is 1.12. The van der Waals surface area contributed by atoms with Crippen molar-refractivity contribution in [1.29, 1.82) is 0 Å². The number of carbonyl (C=O) groups is 1. The maximum Gasteiger partial charge on any atom is 0.257 e. The van der Waals surface area contributed by atoms with Crippen LogP contribution in [0.25, 0.3) is 0 Å². The van der Waals surface area contributed by atoms with Crippen molar-refractivity contribution in [2.24, 2.45) is 0 Å². The summed E-state index contributed by atoms with van der Waals surface area (Å²) < 4.78 is 6.78. The molecule has 0 atom stereocenters. The van der Waals surface area contributed by atoms with Crippen LogP contribution in [0.1, 0.15) is 32.6 Å². The Kier molecular flexibility index (Phi) is 7.58. The van der Waals surface area contributed by atoms with Crippen LogP contribution in [0.3, 0.4) is 0 Å². The molecule has 2 rings (SSSR count). The standard InChI is InChI=1S/C16H25N3O4S/c1-2-3-4-5-6-19-14(21)11-13(20)17-16(19)24-12-15(22)18-7-9-23-10-8-18/h11,20H,2-10,12H2,1H3. The number of amides is 1. The quantitative estimate of drug-likeness (QED) is 0.432. The predicted molar refractivity (Wildman–Crippen MR) is 92.4 cm³/mol. The first kappa shape index (κ1) is 18.8. The van der Waals surface area contributed by atoms with Gasteiger partial charge in [0.2, 0.25) is 11.8 Å². The molecule has 2 heterocycles. The lowest BCUT2D eigenvalue weighted by Crippen LogP contribution is -2.41. The first-order chi connectivity index (χ1) is 11.6. The third-order valence-corrected chi connectivity index (χ3v) is 4.84. The number of morpholine rings is 1. The molecule has 1 aromatic rings. The third kappa shape index (κ3) is 5.52. The Morgan fingerprint density at radius 2 is 2.08 bits per heavy atom. The van der Waals surface area contributed by atoms with E-state index in [1.165, 1.54) is 11.8 Å². The Morgan fingerprint density at radius 3 is 2.79 bits per heavy atom. The van der Waals surface area contributed by atoms with E-state index in [1.807, 2.05) is 0 Å². The van der Waals surface area contributed by atoms with Gasteiger partial charge >= 0.3 is 0 Å². The zero-order chi connectivity index (χ0) is 17.4. The van der Waals surface area contributed by atoms with Crippen molar-refractivity contribution in [2.75, 3.05) is 32.1 Å². The van der Waals surface area contributed by atoms with Gasteiger partial charge in [0.1, 0.15) is 0 Å². The number of hydrogen-bond donors (Lipinski definition) is 1. The van der Waals surface area contributed by atoms with Crippen LogP contribution in [-0.4, -0.2) is 57.5 Å². The van der Waals surface area contributed by atoms with Crippen LogP contribution in [0.4, 0.5) is 0 Å². The molecule has 1 amide bonds. The lowest BCUT2D eigenvalue weighted by Gasteiger charge is -2.26. The van der Waals surface area contributed by atoms with Crippen molar-refractivity contribution in [3.8, 4) is 5.88 Å². The van der Waals surface area contributed by atoms with Gasteiger partial charge in [0.05, 0.1) is 25.0 Å². The van der Waals surface area contributed by atoms with Gasteiger partial charge in [-0.3, -0.25) is 14.2 Å². The maximum absolute atomic E-state index is 12.2. The molecular formula is C16H25N3O4S. The Morgan fingerprint density at radius 1 is 1.33 bits per heavy atom. The Balaban J connectivity index is 1.99. The average molecular weight is 355 g/mol. The molecule has 1 aromatic heterocycles. The van der Waals surface area contributed by atoms with Gasteiger partial charge in [0.25, 0.3) is 5.56 Å². The molecule has 0 spiro atoms. The van der Waals surface area contributed by atoms with Crippen molar-refractivity contribution in [3.05, 3.63) is 16.4 Å². The monoisotopic (exact) mass is 355 g/mol. The van der Waals surface area contributed by atoms with Crippen molar-refractivity contribution in [1.82, 2.24) is 14.5 Å². The van der Waals surface area contributed by atoms with Gasteiger partial charge in [-0.05, 0) is 6.42 Å². The smallest absolute Gasteiger partial charge is 0.257 e. The molecule has 1 aliphatic heterocycles. The van der Waals surface area contributed by atoms with Crippen LogP contribution >= 0.6 is 11.8 Å². The van der Waals surface area contributed by atoms with E-state index in [1.54, 1.807) is 9.47 Å². The van der Waals surface area contributed by atoms with Crippen LogP contribution in [0.15, 0.2) is 16.0 Å². The number of nitrogens with zero attached hydrogens (tertiary/aromatic N) is 3. The first-order valence-corrected chi connectivity index (χ1v) is 9.39. The maximum atomic E-state index is 12.2. The molecule has 134 valence electrons. The van der Waals surface area contributed by atoms with Crippen LogP contribution in [0.5, 0.6) is 5.88 Å². The minimum Gasteiger partial charge on any atom is -0.493 e. The second-order valence-corrected chi connectivity index (χ2v) is 6.67. The molecule has 0 aromatic carbocycles. The molecule has 7 nitrogen and oxygen atoms in total. The van der Waals surface area contributed by atoms with Gasteiger partial charge in [0, 0.05) is 19.6 Å². The number of ether oxygens (including phenoxy) is 1. The number of unbranched alkanes of at least 4 members (excludes halogenated alkanes) is 3. The first-order valence-electron chi connectivity index (χ1n) is 8.41. The Labute approximate surface area is 146 Å². The zero-order valence-corrected chi connectivity index (χ0v) is 14.9. The van der Waals surface area contributed by atoms with Crippen LogP contribution in [-0.2, 0) is 16.1 Å².